The van der Waals surface area contributed by atoms with Crippen LogP contribution in [0.15, 0.2) is 18.0 Å². The van der Waals surface area contributed by atoms with E-state index in [1.807, 2.05) is 0 Å². The maximum absolute atomic E-state index is 5.01. The van der Waals surface area contributed by atoms with Gasteiger partial charge in [0, 0.05) is 6.54 Å². The Kier molecular flexibility index (Phi) is 3.00. The zero-order valence-electron chi connectivity index (χ0n) is 9.16. The summed E-state index contributed by atoms with van der Waals surface area (Å²) in [6, 6.07) is 0. The third-order valence-electron chi connectivity index (χ3n) is 2.10. The summed E-state index contributed by atoms with van der Waals surface area (Å²) in [6.07, 6.45) is 3.60. The molecule has 0 fully saturated rings. The Balaban J connectivity index is 2.30. The molecule has 2 aromatic heterocycles. The molecule has 2 rings (SSSR count). The number of nitrogens with zero attached hydrogens (tertiary/aromatic N) is 2. The Morgan fingerprint density at radius 3 is 3.00 bits per heavy atom. The summed E-state index contributed by atoms with van der Waals surface area (Å²) in [6.45, 7) is 4.85. The molecule has 0 atom stereocenters. The van der Waals surface area contributed by atoms with Crippen LogP contribution in [0.2, 0.25) is 0 Å². The lowest BCUT2D eigenvalue weighted by molar-refractivity contribution is 1.16. The first-order valence-corrected chi connectivity index (χ1v) is 5.38. The van der Waals surface area contributed by atoms with Crippen molar-refractivity contribution in [2.75, 3.05) is 11.9 Å². The highest BCUT2D eigenvalue weighted by molar-refractivity contribution is 7.71. The molecule has 0 saturated heterocycles. The molecule has 0 amide bonds. The number of fused-ring (bicyclic) bond motifs is 1. The van der Waals surface area contributed by atoms with Gasteiger partial charge in [0.15, 0.2) is 16.2 Å². The second kappa shape index (κ2) is 4.44. The molecule has 2 aromatic rings. The van der Waals surface area contributed by atoms with Crippen molar-refractivity contribution in [1.82, 2.24) is 19.9 Å². The average molecular weight is 235 g/mol. The van der Waals surface area contributed by atoms with E-state index in [2.05, 4.69) is 45.2 Å². The summed E-state index contributed by atoms with van der Waals surface area (Å²) in [5.41, 5.74) is 2.80. The van der Waals surface area contributed by atoms with Gasteiger partial charge in [-0.25, -0.2) is 9.97 Å². The maximum atomic E-state index is 5.01. The molecule has 0 unspecified atom stereocenters. The fourth-order valence-corrected chi connectivity index (χ4v) is 1.54. The Morgan fingerprint density at radius 1 is 1.44 bits per heavy atom. The molecule has 84 valence electrons. The second-order valence-electron chi connectivity index (χ2n) is 3.69. The lowest BCUT2D eigenvalue weighted by Gasteiger charge is -2.02. The number of hydrogen-bond acceptors (Lipinski definition) is 4. The molecule has 0 saturated carbocycles. The van der Waals surface area contributed by atoms with Crippen LogP contribution in [-0.4, -0.2) is 26.5 Å². The highest BCUT2D eigenvalue weighted by Crippen LogP contribution is 2.14. The third-order valence-corrected chi connectivity index (χ3v) is 2.30. The number of allylic oxidation sites excluding steroid dienone is 1. The number of aromatic amines is 2. The minimum atomic E-state index is 0.556. The van der Waals surface area contributed by atoms with Crippen molar-refractivity contribution in [1.29, 1.82) is 0 Å². The van der Waals surface area contributed by atoms with Crippen molar-refractivity contribution in [2.45, 2.75) is 13.8 Å². The fourth-order valence-electron chi connectivity index (χ4n) is 1.34. The van der Waals surface area contributed by atoms with Gasteiger partial charge in [-0.3, -0.25) is 0 Å². The fraction of sp³-hybridized carbons (Fsp3) is 0.300. The van der Waals surface area contributed by atoms with Gasteiger partial charge in [0.2, 0.25) is 0 Å². The first kappa shape index (κ1) is 10.8. The molecular weight excluding hydrogens is 222 g/mol. The van der Waals surface area contributed by atoms with Crippen molar-refractivity contribution < 1.29 is 0 Å². The van der Waals surface area contributed by atoms with Crippen LogP contribution in [-0.2, 0) is 0 Å². The highest BCUT2D eigenvalue weighted by Gasteiger charge is 2.03. The first-order valence-electron chi connectivity index (χ1n) is 4.97. The van der Waals surface area contributed by atoms with E-state index in [1.54, 1.807) is 0 Å². The van der Waals surface area contributed by atoms with Crippen LogP contribution in [0.5, 0.6) is 0 Å². The summed E-state index contributed by atoms with van der Waals surface area (Å²) in [7, 11) is 0. The first-order chi connectivity index (χ1) is 7.66. The summed E-state index contributed by atoms with van der Waals surface area (Å²) >= 11 is 5.01. The van der Waals surface area contributed by atoms with Gasteiger partial charge in [-0.15, -0.1) is 0 Å². The molecule has 2 heterocycles. The molecule has 0 aliphatic heterocycles. The van der Waals surface area contributed by atoms with E-state index in [1.165, 1.54) is 11.9 Å². The Morgan fingerprint density at radius 2 is 2.25 bits per heavy atom. The molecule has 0 aliphatic rings. The average Bonchev–Trinajstić information content (AvgIpc) is 2.58. The highest BCUT2D eigenvalue weighted by atomic mass is 32.1. The molecule has 6 heteroatoms. The van der Waals surface area contributed by atoms with Gasteiger partial charge < -0.3 is 15.3 Å². The lowest BCUT2D eigenvalue weighted by atomic mass is 10.3. The predicted molar refractivity (Wildman–Crippen MR) is 67.0 cm³/mol. The topological polar surface area (TPSA) is 69.4 Å². The Hall–Kier alpha value is -1.69. The number of imidazole rings is 1. The van der Waals surface area contributed by atoms with E-state index >= 15 is 0 Å². The van der Waals surface area contributed by atoms with E-state index in [0.717, 1.165) is 23.5 Å². The molecule has 0 aromatic carbocycles. The van der Waals surface area contributed by atoms with Gasteiger partial charge >= 0.3 is 0 Å². The van der Waals surface area contributed by atoms with Crippen LogP contribution in [0.3, 0.4) is 0 Å². The molecule has 0 aliphatic carbocycles. The quantitative estimate of drug-likeness (QED) is 0.564. The summed E-state index contributed by atoms with van der Waals surface area (Å²) in [4.78, 5) is 14.2. The van der Waals surface area contributed by atoms with Crippen LogP contribution in [0.4, 0.5) is 5.82 Å². The van der Waals surface area contributed by atoms with E-state index in [0.29, 0.717) is 4.77 Å². The minimum absolute atomic E-state index is 0.556. The van der Waals surface area contributed by atoms with E-state index in [-0.39, 0.29) is 0 Å². The van der Waals surface area contributed by atoms with Gasteiger partial charge in [-0.1, -0.05) is 11.6 Å². The van der Waals surface area contributed by atoms with E-state index < -0.39 is 0 Å². The lowest BCUT2D eigenvalue weighted by Crippen LogP contribution is -2.02. The van der Waals surface area contributed by atoms with Crippen molar-refractivity contribution in [3.8, 4) is 0 Å². The van der Waals surface area contributed by atoms with Gasteiger partial charge in [-0.2, -0.15) is 0 Å². The molecule has 0 bridgehead atoms. The largest absolute Gasteiger partial charge is 0.365 e. The second-order valence-corrected chi connectivity index (χ2v) is 4.10. The van der Waals surface area contributed by atoms with E-state index in [9.17, 15) is 0 Å². The number of hydrogen-bond donors (Lipinski definition) is 3. The van der Waals surface area contributed by atoms with Gasteiger partial charge in [0.1, 0.15) is 11.8 Å². The van der Waals surface area contributed by atoms with Crippen LogP contribution < -0.4 is 5.32 Å². The zero-order chi connectivity index (χ0) is 11.5. The SMILES string of the molecule is CC(C)=CCNc1ncnc2[nH]c(=S)[nH]c12. The summed E-state index contributed by atoms with van der Waals surface area (Å²) < 4.78 is 0.556. The molecule has 3 N–H and O–H groups in total. The number of H-pyrrole nitrogens is 2. The number of rotatable bonds is 3. The monoisotopic (exact) mass is 235 g/mol. The molecular formula is C10H13N5S. The van der Waals surface area contributed by atoms with Crippen LogP contribution in [0, 0.1) is 4.77 Å². The molecule has 0 spiro atoms. The van der Waals surface area contributed by atoms with Crippen molar-refractivity contribution in [2.24, 2.45) is 0 Å². The molecule has 16 heavy (non-hydrogen) atoms. The number of aromatic nitrogens is 4. The van der Waals surface area contributed by atoms with Gasteiger partial charge in [-0.05, 0) is 26.1 Å². The van der Waals surface area contributed by atoms with Gasteiger partial charge in [0.05, 0.1) is 0 Å². The van der Waals surface area contributed by atoms with Crippen LogP contribution >= 0.6 is 12.2 Å². The number of anilines is 1. The Labute approximate surface area is 98.0 Å². The van der Waals surface area contributed by atoms with Crippen molar-refractivity contribution >= 4 is 29.2 Å². The number of nitrogens with one attached hydrogen (secondary N) is 3. The Bertz CT molecular complexity index is 576. The maximum Gasteiger partial charge on any atom is 0.176 e. The smallest absolute Gasteiger partial charge is 0.176 e. The third kappa shape index (κ3) is 2.27. The molecule has 0 radical (unpaired) electrons. The zero-order valence-corrected chi connectivity index (χ0v) is 9.98. The van der Waals surface area contributed by atoms with Crippen LogP contribution in [0.1, 0.15) is 13.8 Å². The normalized spacial score (nSPS) is 10.4. The minimum Gasteiger partial charge on any atom is -0.365 e. The van der Waals surface area contributed by atoms with Crippen LogP contribution in [0.25, 0.3) is 11.2 Å². The van der Waals surface area contributed by atoms with Crippen molar-refractivity contribution in [3.63, 3.8) is 0 Å². The van der Waals surface area contributed by atoms with Gasteiger partial charge in [0.25, 0.3) is 0 Å². The predicted octanol–water partition coefficient (Wildman–Crippen LogP) is 2.39. The summed E-state index contributed by atoms with van der Waals surface area (Å²) in [5, 5.41) is 3.21. The summed E-state index contributed by atoms with van der Waals surface area (Å²) in [5.74, 6) is 0.759. The van der Waals surface area contributed by atoms with Crippen molar-refractivity contribution in [3.05, 3.63) is 22.7 Å². The van der Waals surface area contributed by atoms with E-state index in [4.69, 9.17) is 12.2 Å². The standard InChI is InChI=1S/C10H13N5S/c1-6(2)3-4-11-8-7-9(13-5-12-8)15-10(16)14-7/h3,5H,4H2,1-2H3,(H3,11,12,13,14,15,16). The molecule has 5 nitrogen and oxygen atoms in total.